The average Bonchev–Trinajstić information content (AvgIpc) is 2.38. The number of thioether (sulfide) groups is 1. The van der Waals surface area contributed by atoms with E-state index in [0.29, 0.717) is 5.56 Å². The van der Waals surface area contributed by atoms with Crippen LogP contribution in [0.15, 0.2) is 41.4 Å². The van der Waals surface area contributed by atoms with Gasteiger partial charge in [0.15, 0.2) is 0 Å². The van der Waals surface area contributed by atoms with Crippen LogP contribution in [0.25, 0.3) is 0 Å². The van der Waals surface area contributed by atoms with E-state index in [1.165, 1.54) is 11.8 Å². The van der Waals surface area contributed by atoms with Crippen molar-refractivity contribution in [3.05, 3.63) is 53.2 Å². The van der Waals surface area contributed by atoms with Crippen molar-refractivity contribution in [2.45, 2.75) is 18.9 Å². The molecule has 0 spiro atoms. The first-order chi connectivity index (χ1) is 9.11. The SMILES string of the molecule is CSc1nc(C)cc(C)c1C(=O)Nc1ccccc1. The first-order valence-corrected chi connectivity index (χ1v) is 7.23. The van der Waals surface area contributed by atoms with Gasteiger partial charge in [0.1, 0.15) is 5.03 Å². The summed E-state index contributed by atoms with van der Waals surface area (Å²) in [5.41, 5.74) is 3.32. The molecule has 1 heterocycles. The zero-order valence-corrected chi connectivity index (χ0v) is 12.0. The molecule has 1 amide bonds. The number of nitrogens with zero attached hydrogens (tertiary/aromatic N) is 1. The lowest BCUT2D eigenvalue weighted by molar-refractivity contribution is 0.102. The molecule has 0 aliphatic heterocycles. The third kappa shape index (κ3) is 3.15. The number of aromatic nitrogens is 1. The van der Waals surface area contributed by atoms with Crippen molar-refractivity contribution in [2.24, 2.45) is 0 Å². The van der Waals surface area contributed by atoms with Crippen LogP contribution in [0.3, 0.4) is 0 Å². The molecule has 3 nitrogen and oxygen atoms in total. The first-order valence-electron chi connectivity index (χ1n) is 6.00. The molecule has 0 aliphatic rings. The highest BCUT2D eigenvalue weighted by molar-refractivity contribution is 7.98. The predicted molar refractivity (Wildman–Crippen MR) is 79.9 cm³/mol. The number of benzene rings is 1. The van der Waals surface area contributed by atoms with E-state index < -0.39 is 0 Å². The van der Waals surface area contributed by atoms with Crippen molar-refractivity contribution in [3.8, 4) is 0 Å². The summed E-state index contributed by atoms with van der Waals surface area (Å²) < 4.78 is 0. The summed E-state index contributed by atoms with van der Waals surface area (Å²) >= 11 is 1.49. The third-order valence-corrected chi connectivity index (χ3v) is 3.45. The number of nitrogens with one attached hydrogen (secondary N) is 1. The Morgan fingerprint density at radius 3 is 2.53 bits per heavy atom. The molecule has 0 fully saturated rings. The molecule has 0 radical (unpaired) electrons. The van der Waals surface area contributed by atoms with Crippen LogP contribution in [0.2, 0.25) is 0 Å². The summed E-state index contributed by atoms with van der Waals surface area (Å²) in [6, 6.07) is 11.4. The third-order valence-electron chi connectivity index (χ3n) is 2.76. The Labute approximate surface area is 117 Å². The Hall–Kier alpha value is -1.81. The molecule has 19 heavy (non-hydrogen) atoms. The minimum atomic E-state index is -0.111. The van der Waals surface area contributed by atoms with Crippen molar-refractivity contribution in [2.75, 3.05) is 11.6 Å². The molecule has 1 aromatic heterocycles. The van der Waals surface area contributed by atoms with Gasteiger partial charge in [0.25, 0.3) is 5.91 Å². The summed E-state index contributed by atoms with van der Waals surface area (Å²) in [7, 11) is 0. The molecule has 1 N–H and O–H groups in total. The molecule has 0 saturated carbocycles. The number of amides is 1. The molecule has 2 aromatic rings. The summed E-state index contributed by atoms with van der Waals surface area (Å²) in [6.45, 7) is 3.87. The number of aryl methyl sites for hydroxylation is 2. The molecule has 0 unspecified atom stereocenters. The van der Waals surface area contributed by atoms with Crippen LogP contribution in [0.5, 0.6) is 0 Å². The van der Waals surface area contributed by atoms with E-state index in [1.807, 2.05) is 56.5 Å². The smallest absolute Gasteiger partial charge is 0.258 e. The summed E-state index contributed by atoms with van der Waals surface area (Å²) in [5.74, 6) is -0.111. The molecule has 2 rings (SSSR count). The van der Waals surface area contributed by atoms with E-state index in [1.54, 1.807) is 0 Å². The molecule has 0 bridgehead atoms. The van der Waals surface area contributed by atoms with Gasteiger partial charge in [0, 0.05) is 11.4 Å². The highest BCUT2D eigenvalue weighted by Crippen LogP contribution is 2.23. The van der Waals surface area contributed by atoms with Gasteiger partial charge in [-0.2, -0.15) is 0 Å². The summed E-state index contributed by atoms with van der Waals surface area (Å²) in [6.07, 6.45) is 1.93. The van der Waals surface area contributed by atoms with Gasteiger partial charge in [-0.1, -0.05) is 18.2 Å². The highest BCUT2D eigenvalue weighted by Gasteiger charge is 2.16. The fourth-order valence-corrected chi connectivity index (χ4v) is 2.63. The minimum Gasteiger partial charge on any atom is -0.322 e. The van der Waals surface area contributed by atoms with E-state index >= 15 is 0 Å². The lowest BCUT2D eigenvalue weighted by Gasteiger charge is -2.11. The van der Waals surface area contributed by atoms with E-state index in [0.717, 1.165) is 22.0 Å². The summed E-state index contributed by atoms with van der Waals surface area (Å²) in [4.78, 5) is 16.8. The lowest BCUT2D eigenvalue weighted by atomic mass is 10.1. The molecule has 0 aliphatic carbocycles. The Bertz CT molecular complexity index is 597. The minimum absolute atomic E-state index is 0.111. The second-order valence-corrected chi connectivity index (χ2v) is 5.08. The first kappa shape index (κ1) is 13.6. The van der Waals surface area contributed by atoms with Crippen LogP contribution in [0.4, 0.5) is 5.69 Å². The van der Waals surface area contributed by atoms with Gasteiger partial charge >= 0.3 is 0 Å². The number of hydrogen-bond donors (Lipinski definition) is 1. The quantitative estimate of drug-likeness (QED) is 0.867. The maximum Gasteiger partial charge on any atom is 0.258 e. The van der Waals surface area contributed by atoms with Gasteiger partial charge in [-0.05, 0) is 43.9 Å². The maximum atomic E-state index is 12.4. The van der Waals surface area contributed by atoms with Crippen LogP contribution >= 0.6 is 11.8 Å². The van der Waals surface area contributed by atoms with Gasteiger partial charge in [0.05, 0.1) is 5.56 Å². The van der Waals surface area contributed by atoms with Crippen LogP contribution in [-0.4, -0.2) is 17.1 Å². The number of carbonyl (C=O) groups excluding carboxylic acids is 1. The lowest BCUT2D eigenvalue weighted by Crippen LogP contribution is -2.15. The van der Waals surface area contributed by atoms with Crippen molar-refractivity contribution >= 4 is 23.4 Å². The van der Waals surface area contributed by atoms with Crippen molar-refractivity contribution in [1.29, 1.82) is 0 Å². The van der Waals surface area contributed by atoms with Crippen LogP contribution in [0.1, 0.15) is 21.6 Å². The average molecular weight is 272 g/mol. The van der Waals surface area contributed by atoms with E-state index in [4.69, 9.17) is 0 Å². The van der Waals surface area contributed by atoms with Gasteiger partial charge in [0.2, 0.25) is 0 Å². The second-order valence-electron chi connectivity index (χ2n) is 4.28. The number of hydrogen-bond acceptors (Lipinski definition) is 3. The molecule has 0 atom stereocenters. The molecule has 4 heteroatoms. The largest absolute Gasteiger partial charge is 0.322 e. The molecular formula is C15H16N2OS. The monoisotopic (exact) mass is 272 g/mol. The Kier molecular flexibility index (Phi) is 4.22. The fourth-order valence-electron chi connectivity index (χ4n) is 1.94. The molecular weight excluding hydrogens is 256 g/mol. The van der Waals surface area contributed by atoms with Gasteiger partial charge in [-0.3, -0.25) is 4.79 Å². The second kappa shape index (κ2) is 5.89. The van der Waals surface area contributed by atoms with E-state index in [2.05, 4.69) is 10.3 Å². The van der Waals surface area contributed by atoms with Gasteiger partial charge in [-0.25, -0.2) is 4.98 Å². The van der Waals surface area contributed by atoms with Crippen LogP contribution in [-0.2, 0) is 0 Å². The standard InChI is InChI=1S/C15H16N2OS/c1-10-9-11(2)16-15(19-3)13(10)14(18)17-12-7-5-4-6-8-12/h4-9H,1-3H3,(H,17,18). The van der Waals surface area contributed by atoms with Crippen molar-refractivity contribution < 1.29 is 4.79 Å². The highest BCUT2D eigenvalue weighted by atomic mass is 32.2. The van der Waals surface area contributed by atoms with E-state index in [-0.39, 0.29) is 5.91 Å². The predicted octanol–water partition coefficient (Wildman–Crippen LogP) is 3.67. The molecule has 98 valence electrons. The number of carbonyl (C=O) groups is 1. The topological polar surface area (TPSA) is 42.0 Å². The maximum absolute atomic E-state index is 12.4. The van der Waals surface area contributed by atoms with Gasteiger partial charge in [-0.15, -0.1) is 11.8 Å². The van der Waals surface area contributed by atoms with E-state index in [9.17, 15) is 4.79 Å². The number of rotatable bonds is 3. The Balaban J connectivity index is 2.34. The normalized spacial score (nSPS) is 10.3. The number of anilines is 1. The Morgan fingerprint density at radius 1 is 1.21 bits per heavy atom. The zero-order chi connectivity index (χ0) is 13.8. The van der Waals surface area contributed by atoms with Crippen molar-refractivity contribution in [1.82, 2.24) is 4.98 Å². The van der Waals surface area contributed by atoms with Crippen LogP contribution < -0.4 is 5.32 Å². The zero-order valence-electron chi connectivity index (χ0n) is 11.2. The Morgan fingerprint density at radius 2 is 1.89 bits per heavy atom. The van der Waals surface area contributed by atoms with Crippen molar-refractivity contribution in [3.63, 3.8) is 0 Å². The molecule has 1 aromatic carbocycles. The van der Waals surface area contributed by atoms with Crippen LogP contribution in [0, 0.1) is 13.8 Å². The number of para-hydroxylation sites is 1. The van der Waals surface area contributed by atoms with Gasteiger partial charge < -0.3 is 5.32 Å². The fraction of sp³-hybridized carbons (Fsp3) is 0.200. The molecule has 0 saturated heterocycles. The summed E-state index contributed by atoms with van der Waals surface area (Å²) in [5, 5.41) is 3.67. The number of pyridine rings is 1.